The number of amides is 2. The number of hydrogen-bond donors (Lipinski definition) is 1. The van der Waals surface area contributed by atoms with E-state index in [0.717, 1.165) is 11.1 Å². The molecule has 0 radical (unpaired) electrons. The van der Waals surface area contributed by atoms with Crippen LogP contribution in [-0.4, -0.2) is 34.6 Å². The number of rotatable bonds is 7. The van der Waals surface area contributed by atoms with Gasteiger partial charge in [0, 0.05) is 36.8 Å². The summed E-state index contributed by atoms with van der Waals surface area (Å²) in [5.74, 6) is -0.556. The largest absolute Gasteiger partial charge is 0.415 e. The van der Waals surface area contributed by atoms with E-state index in [1.54, 1.807) is 24.3 Å². The predicted octanol–water partition coefficient (Wildman–Crippen LogP) is 7.23. The molecule has 186 valence electrons. The van der Waals surface area contributed by atoms with Crippen LogP contribution in [0.1, 0.15) is 29.8 Å². The number of anilines is 1. The Morgan fingerprint density at radius 3 is 2.47 bits per heavy atom. The number of nitrogens with zero attached hydrogens (tertiary/aromatic N) is 2. The number of aromatic nitrogens is 1. The molecule has 0 bridgehead atoms. The second-order valence-corrected chi connectivity index (χ2v) is 8.88. The summed E-state index contributed by atoms with van der Waals surface area (Å²) < 4.78 is 21.3. The van der Waals surface area contributed by atoms with Crippen molar-refractivity contribution in [2.75, 3.05) is 18.4 Å². The number of carbonyl (C=O) groups is 2. The molecule has 0 aliphatic carbocycles. The van der Waals surface area contributed by atoms with Gasteiger partial charge in [-0.15, -0.1) is 0 Å². The van der Waals surface area contributed by atoms with E-state index in [1.165, 1.54) is 29.2 Å². The highest BCUT2D eigenvalue weighted by atomic mass is 35.5. The van der Waals surface area contributed by atoms with E-state index in [1.807, 2.05) is 36.7 Å². The first-order valence-electron chi connectivity index (χ1n) is 11.4. The van der Waals surface area contributed by atoms with Gasteiger partial charge in [-0.25, -0.2) is 9.18 Å². The topological polar surface area (TPSA) is 63.6 Å². The lowest BCUT2D eigenvalue weighted by Crippen LogP contribution is -2.33. The number of ether oxygens (including phenoxy) is 1. The minimum atomic E-state index is -0.524. The Hall–Kier alpha value is -3.55. The standard InChI is InChI=1S/C27H24Cl2FN3O3/c1-3-32(4-2)27(35)36-24-11-10-23-20(12-13-33(23)16-17-6-5-7-19(30)14-17)25(24)31-26(34)18-8-9-21(28)22(29)15-18/h5-15H,3-4,16H2,1-2H3,(H,31,34). The van der Waals surface area contributed by atoms with Crippen LogP contribution in [0.5, 0.6) is 5.75 Å². The Morgan fingerprint density at radius 1 is 1.00 bits per heavy atom. The Kier molecular flexibility index (Phi) is 7.82. The van der Waals surface area contributed by atoms with Crippen LogP contribution < -0.4 is 10.1 Å². The van der Waals surface area contributed by atoms with Crippen molar-refractivity contribution in [3.05, 3.63) is 93.8 Å². The molecule has 0 saturated carbocycles. The molecule has 0 aliphatic rings. The molecular formula is C27H24Cl2FN3O3. The van der Waals surface area contributed by atoms with Gasteiger partial charge < -0.3 is 19.5 Å². The van der Waals surface area contributed by atoms with Crippen molar-refractivity contribution in [3.8, 4) is 5.75 Å². The SMILES string of the molecule is CCN(CC)C(=O)Oc1ccc2c(ccn2Cc2cccc(F)c2)c1NC(=O)c1ccc(Cl)c(Cl)c1. The molecule has 36 heavy (non-hydrogen) atoms. The molecule has 4 aromatic rings. The highest BCUT2D eigenvalue weighted by Crippen LogP contribution is 2.35. The van der Waals surface area contributed by atoms with Gasteiger partial charge in [0.2, 0.25) is 0 Å². The lowest BCUT2D eigenvalue weighted by atomic mass is 10.1. The Balaban J connectivity index is 1.74. The highest BCUT2D eigenvalue weighted by molar-refractivity contribution is 6.42. The van der Waals surface area contributed by atoms with Crippen molar-refractivity contribution in [1.29, 1.82) is 0 Å². The average molecular weight is 528 g/mol. The Bertz CT molecular complexity index is 1430. The zero-order valence-corrected chi connectivity index (χ0v) is 21.2. The third-order valence-electron chi connectivity index (χ3n) is 5.80. The van der Waals surface area contributed by atoms with E-state index in [2.05, 4.69) is 5.32 Å². The summed E-state index contributed by atoms with van der Waals surface area (Å²) in [6.07, 6.45) is 1.31. The molecule has 0 unspecified atom stereocenters. The van der Waals surface area contributed by atoms with E-state index in [0.29, 0.717) is 41.3 Å². The third-order valence-corrected chi connectivity index (χ3v) is 6.54. The second kappa shape index (κ2) is 11.0. The first kappa shape index (κ1) is 25.5. The smallest absolute Gasteiger partial charge is 0.408 e. The number of nitrogens with one attached hydrogen (secondary N) is 1. The number of fused-ring (bicyclic) bond motifs is 1. The predicted molar refractivity (Wildman–Crippen MR) is 141 cm³/mol. The maximum absolute atomic E-state index is 13.7. The molecule has 0 fully saturated rings. The van der Waals surface area contributed by atoms with Crippen LogP contribution in [0, 0.1) is 5.82 Å². The molecule has 1 aromatic heterocycles. The molecule has 0 atom stereocenters. The molecule has 0 spiro atoms. The van der Waals surface area contributed by atoms with Gasteiger partial charge in [0.25, 0.3) is 5.91 Å². The van der Waals surface area contributed by atoms with Crippen LogP contribution in [0.3, 0.4) is 0 Å². The van der Waals surface area contributed by atoms with E-state index >= 15 is 0 Å². The van der Waals surface area contributed by atoms with Gasteiger partial charge >= 0.3 is 6.09 Å². The minimum absolute atomic E-state index is 0.205. The number of hydrogen-bond acceptors (Lipinski definition) is 3. The summed E-state index contributed by atoms with van der Waals surface area (Å²) in [7, 11) is 0. The lowest BCUT2D eigenvalue weighted by molar-refractivity contribution is 0.102. The highest BCUT2D eigenvalue weighted by Gasteiger charge is 2.20. The molecule has 2 amide bonds. The van der Waals surface area contributed by atoms with Gasteiger partial charge in [-0.05, 0) is 67.9 Å². The fourth-order valence-electron chi connectivity index (χ4n) is 3.90. The quantitative estimate of drug-likeness (QED) is 0.275. The van der Waals surface area contributed by atoms with Crippen molar-refractivity contribution in [2.45, 2.75) is 20.4 Å². The van der Waals surface area contributed by atoms with Gasteiger partial charge in [0.15, 0.2) is 5.75 Å². The first-order chi connectivity index (χ1) is 17.3. The van der Waals surface area contributed by atoms with Crippen LogP contribution in [0.2, 0.25) is 10.0 Å². The zero-order chi connectivity index (χ0) is 25.8. The van der Waals surface area contributed by atoms with Crippen molar-refractivity contribution in [2.24, 2.45) is 0 Å². The Morgan fingerprint density at radius 2 is 1.78 bits per heavy atom. The molecular weight excluding hydrogens is 504 g/mol. The molecule has 6 nitrogen and oxygen atoms in total. The van der Waals surface area contributed by atoms with Crippen molar-refractivity contribution in [3.63, 3.8) is 0 Å². The third kappa shape index (κ3) is 5.48. The van der Waals surface area contributed by atoms with Gasteiger partial charge in [-0.2, -0.15) is 0 Å². The van der Waals surface area contributed by atoms with E-state index in [9.17, 15) is 14.0 Å². The van der Waals surface area contributed by atoms with Crippen molar-refractivity contribution < 1.29 is 18.7 Å². The monoisotopic (exact) mass is 527 g/mol. The molecule has 1 N–H and O–H groups in total. The number of carbonyl (C=O) groups excluding carboxylic acids is 2. The first-order valence-corrected chi connectivity index (χ1v) is 12.2. The molecule has 1 heterocycles. The molecule has 0 aliphatic heterocycles. The van der Waals surface area contributed by atoms with E-state index in [4.69, 9.17) is 27.9 Å². The normalized spacial score (nSPS) is 10.9. The number of benzene rings is 3. The Labute approximate surface area is 218 Å². The maximum atomic E-state index is 13.7. The van der Waals surface area contributed by atoms with Crippen LogP contribution in [0.25, 0.3) is 10.9 Å². The van der Waals surface area contributed by atoms with E-state index < -0.39 is 12.0 Å². The molecule has 4 rings (SSSR count). The minimum Gasteiger partial charge on any atom is -0.408 e. The van der Waals surface area contributed by atoms with E-state index in [-0.39, 0.29) is 16.6 Å². The van der Waals surface area contributed by atoms with Gasteiger partial charge in [-0.3, -0.25) is 4.79 Å². The summed E-state index contributed by atoms with van der Waals surface area (Å²) in [4.78, 5) is 27.4. The second-order valence-electron chi connectivity index (χ2n) is 8.07. The molecule has 0 saturated heterocycles. The van der Waals surface area contributed by atoms with Crippen LogP contribution >= 0.6 is 23.2 Å². The van der Waals surface area contributed by atoms with Crippen LogP contribution in [0.4, 0.5) is 14.9 Å². The molecule has 9 heteroatoms. The summed E-state index contributed by atoms with van der Waals surface area (Å²) in [6.45, 7) is 5.08. The van der Waals surface area contributed by atoms with Gasteiger partial charge in [0.1, 0.15) is 5.82 Å². The number of halogens is 3. The lowest BCUT2D eigenvalue weighted by Gasteiger charge is -2.20. The van der Waals surface area contributed by atoms with Crippen molar-refractivity contribution in [1.82, 2.24) is 9.47 Å². The fourth-order valence-corrected chi connectivity index (χ4v) is 4.20. The summed E-state index contributed by atoms with van der Waals surface area (Å²) in [6, 6.07) is 16.2. The molecule has 3 aromatic carbocycles. The van der Waals surface area contributed by atoms with Crippen LogP contribution in [0.15, 0.2) is 66.9 Å². The summed E-state index contributed by atoms with van der Waals surface area (Å²) >= 11 is 12.1. The van der Waals surface area contributed by atoms with Gasteiger partial charge in [-0.1, -0.05) is 35.3 Å². The maximum Gasteiger partial charge on any atom is 0.415 e. The van der Waals surface area contributed by atoms with Crippen LogP contribution in [-0.2, 0) is 6.54 Å². The van der Waals surface area contributed by atoms with Gasteiger partial charge in [0.05, 0.1) is 21.2 Å². The fraction of sp³-hybridized carbons (Fsp3) is 0.185. The summed E-state index contributed by atoms with van der Waals surface area (Å²) in [5.41, 5.74) is 2.18. The zero-order valence-electron chi connectivity index (χ0n) is 19.7. The average Bonchev–Trinajstić information content (AvgIpc) is 3.25. The van der Waals surface area contributed by atoms with Crippen molar-refractivity contribution >= 4 is 51.8 Å². The summed E-state index contributed by atoms with van der Waals surface area (Å²) in [5, 5.41) is 4.11.